The molecule has 2 aromatic rings. The molecule has 99 heavy (non-hydrogen) atoms. The van der Waals surface area contributed by atoms with Gasteiger partial charge in [-0.2, -0.15) is 0 Å². The number of hydrogen-bond acceptors (Lipinski definition) is 24. The highest BCUT2D eigenvalue weighted by Crippen LogP contribution is 2.76. The van der Waals surface area contributed by atoms with Crippen molar-refractivity contribution in [3.05, 3.63) is 83.4 Å². The predicted molar refractivity (Wildman–Crippen MR) is 349 cm³/mol. The van der Waals surface area contributed by atoms with Gasteiger partial charge < -0.3 is 71.1 Å². The molecule has 3 aliphatic heterocycles. The first-order chi connectivity index (χ1) is 46.6. The van der Waals surface area contributed by atoms with Gasteiger partial charge in [0, 0.05) is 41.5 Å². The van der Waals surface area contributed by atoms with Gasteiger partial charge in [-0.15, -0.1) is 0 Å². The van der Waals surface area contributed by atoms with Gasteiger partial charge >= 0.3 is 53.7 Å². The fourth-order valence-corrected chi connectivity index (χ4v) is 18.8. The lowest BCUT2D eigenvalue weighted by molar-refractivity contribution is -0.392. The van der Waals surface area contributed by atoms with Crippen molar-refractivity contribution in [1.82, 2.24) is 0 Å². The van der Waals surface area contributed by atoms with Crippen molar-refractivity contribution in [1.29, 1.82) is 0 Å². The van der Waals surface area contributed by atoms with Gasteiger partial charge in [-0.3, -0.25) is 33.6 Å². The molecule has 4 saturated carbocycles. The molecule has 5 aliphatic carbocycles. The van der Waals surface area contributed by atoms with Crippen LogP contribution in [0.1, 0.15) is 189 Å². The summed E-state index contributed by atoms with van der Waals surface area (Å²) in [6, 6.07) is 16.0. The van der Waals surface area contributed by atoms with Crippen LogP contribution in [0.3, 0.4) is 0 Å². The van der Waals surface area contributed by atoms with E-state index in [1.165, 1.54) is 38.7 Å². The molecule has 24 nitrogen and oxygen atoms in total. The predicted octanol–water partition coefficient (Wildman–Crippen LogP) is 10.0. The highest BCUT2D eigenvalue weighted by Gasteiger charge is 2.70. The van der Waals surface area contributed by atoms with Crippen LogP contribution in [0.25, 0.3) is 0 Å². The number of esters is 9. The molecular formula is C75H100O24. The molecule has 2 aromatic carbocycles. The minimum absolute atomic E-state index is 0.0169. The molecule has 0 unspecified atom stereocenters. The van der Waals surface area contributed by atoms with E-state index in [2.05, 4.69) is 54.5 Å². The molecule has 0 N–H and O–H groups in total. The quantitative estimate of drug-likeness (QED) is 0.0580. The molecular weight excluding hydrogens is 1280 g/mol. The summed E-state index contributed by atoms with van der Waals surface area (Å²) >= 11 is 0. The number of hydrogen-bond donors (Lipinski definition) is 0. The number of rotatable bonds is 18. The highest BCUT2D eigenvalue weighted by molar-refractivity contribution is 5.90. The first kappa shape index (κ1) is 74.8. The lowest BCUT2D eigenvalue weighted by Crippen LogP contribution is -2.69. The summed E-state index contributed by atoms with van der Waals surface area (Å²) in [5, 5.41) is 0. The maximum atomic E-state index is 15.2. The highest BCUT2D eigenvalue weighted by atomic mass is 16.8. The summed E-state index contributed by atoms with van der Waals surface area (Å²) in [4.78, 5) is 122. The van der Waals surface area contributed by atoms with Crippen LogP contribution in [-0.4, -0.2) is 166 Å². The summed E-state index contributed by atoms with van der Waals surface area (Å²) < 4.78 is 95.4. The summed E-state index contributed by atoms with van der Waals surface area (Å²) in [5.74, 6) is -6.69. The molecule has 0 bridgehead atoms. The van der Waals surface area contributed by atoms with E-state index in [1.54, 1.807) is 48.5 Å². The van der Waals surface area contributed by atoms with Crippen LogP contribution in [0.15, 0.2) is 72.3 Å². The zero-order valence-corrected chi connectivity index (χ0v) is 59.9. The van der Waals surface area contributed by atoms with Crippen molar-refractivity contribution >= 4 is 53.7 Å². The molecule has 3 heterocycles. The number of allylic oxidation sites excluding steroid dienone is 2. The first-order valence-electron chi connectivity index (χ1n) is 34.8. The van der Waals surface area contributed by atoms with Crippen molar-refractivity contribution in [2.45, 2.75) is 266 Å². The fourth-order valence-electron chi connectivity index (χ4n) is 18.8. The Morgan fingerprint density at radius 2 is 0.939 bits per heavy atom. The molecule has 0 amide bonds. The van der Waals surface area contributed by atoms with Crippen LogP contribution in [-0.2, 0) is 105 Å². The summed E-state index contributed by atoms with van der Waals surface area (Å²) in [6.07, 6.45) is -14.4. The van der Waals surface area contributed by atoms with E-state index < -0.39 is 163 Å². The first-order valence-corrected chi connectivity index (χ1v) is 34.8. The van der Waals surface area contributed by atoms with Crippen molar-refractivity contribution in [3.63, 3.8) is 0 Å². The number of carbonyl (C=O) groups excluding carboxylic acids is 9. The number of methoxy groups -OCH3 is 1. The third kappa shape index (κ3) is 14.8. The Bertz CT molecular complexity index is 3370. The molecule has 7 fully saturated rings. The van der Waals surface area contributed by atoms with Crippen LogP contribution in [0.5, 0.6) is 0 Å². The van der Waals surface area contributed by atoms with Gasteiger partial charge in [0.1, 0.15) is 18.8 Å². The molecule has 23 atom stereocenters. The summed E-state index contributed by atoms with van der Waals surface area (Å²) in [6.45, 7) is 25.4. The molecule has 544 valence electrons. The van der Waals surface area contributed by atoms with Crippen LogP contribution in [0.2, 0.25) is 0 Å². The van der Waals surface area contributed by atoms with E-state index >= 15 is 4.79 Å². The Labute approximate surface area is 579 Å². The summed E-state index contributed by atoms with van der Waals surface area (Å²) in [7, 11) is 1.52. The normalized spacial score (nSPS) is 38.8. The second kappa shape index (κ2) is 29.3. The average Bonchev–Trinajstić information content (AvgIpc) is 0.676. The topological polar surface area (TPSA) is 292 Å². The zero-order valence-electron chi connectivity index (χ0n) is 59.9. The third-order valence-corrected chi connectivity index (χ3v) is 23.5. The second-order valence-electron chi connectivity index (χ2n) is 30.7. The molecule has 3 saturated heterocycles. The minimum atomic E-state index is -1.85. The largest absolute Gasteiger partial charge is 0.469 e. The SMILES string of the molecule is COC(=O)[C@]12CCC(C)(C)C[C@H]1C1=CC[C@@H]3[C@@]4(C)CC[C@H](O[C@@H]5O[C@H](COC(=O)c6ccccc6)[C@@H](O[C@@H]6O[C@@H](C)[C@H](OC(C)=O)[C@@H](OC(C)=O)[C@H]6OC(C)=O)[C@H](OC(=O)c6ccccc6)[C@H]5O[C@@H]5O[C@@H](C)[C@H](OC(C)=O)[C@@H](OC(C)=O)[C@H]5OC(C)=O)C(C)(C)[C@@H]4CC[C@@]3(C)[C@]1(C)CC2. The van der Waals surface area contributed by atoms with Crippen LogP contribution >= 0.6 is 0 Å². The Hall–Kier alpha value is -6.83. The van der Waals surface area contributed by atoms with Gasteiger partial charge in [0.05, 0.1) is 42.0 Å². The Kier molecular flexibility index (Phi) is 22.1. The molecule has 0 spiro atoms. The van der Waals surface area contributed by atoms with Crippen LogP contribution < -0.4 is 0 Å². The molecule has 0 radical (unpaired) electrons. The zero-order chi connectivity index (χ0) is 72.1. The fraction of sp³-hybridized carbons (Fsp3) is 0.693. The number of benzene rings is 2. The van der Waals surface area contributed by atoms with Gasteiger partial charge in [-0.05, 0) is 147 Å². The van der Waals surface area contributed by atoms with E-state index in [0.29, 0.717) is 12.8 Å². The Balaban J connectivity index is 1.10. The van der Waals surface area contributed by atoms with Crippen LogP contribution in [0.4, 0.5) is 0 Å². The van der Waals surface area contributed by atoms with E-state index in [-0.39, 0.29) is 56.5 Å². The second-order valence-corrected chi connectivity index (χ2v) is 30.7. The average molecular weight is 1390 g/mol. The van der Waals surface area contributed by atoms with Crippen LogP contribution in [0, 0.1) is 50.2 Å². The number of fused-ring (bicyclic) bond motifs is 7. The van der Waals surface area contributed by atoms with Crippen molar-refractivity contribution < 1.29 is 114 Å². The van der Waals surface area contributed by atoms with E-state index in [9.17, 15) is 38.4 Å². The monoisotopic (exact) mass is 1380 g/mol. The lowest BCUT2D eigenvalue weighted by atomic mass is 9.33. The van der Waals surface area contributed by atoms with Crippen molar-refractivity contribution in [3.8, 4) is 0 Å². The molecule has 8 aliphatic rings. The standard InChI is InChI=1S/C75H100O24/c1-39-55(89-41(3)76)58(91-43(5)78)61(93-45(7)80)66(87-39)98-57-51(38-86-64(82)47-23-19-17-20-24-47)95-68(63(60(57)97-65(83)48-25-21-18-22-26-48)99-67-62(94-46(8)81)59(92-44(6)79)56(40(2)88-67)90-42(4)77)96-54-30-31-72(13)52(71(54,11)12)29-32-74(15)53(72)28-27-49-50-37-70(9,10)33-35-75(50,69(84)85-16)36-34-73(49,74)14/h17-27,39-40,50-63,66-68H,28-38H2,1-16H3/t39-,40-,50-,51+,52-,53+,54-,55-,56-,57+,58+,59+,60-,61+,62+,63+,66-,67-,68-,72-,73+,74+,75-/m0/s1. The van der Waals surface area contributed by atoms with E-state index in [4.69, 9.17) is 71.1 Å². The van der Waals surface area contributed by atoms with Gasteiger partial charge in [0.2, 0.25) is 0 Å². The van der Waals surface area contributed by atoms with E-state index in [0.717, 1.165) is 92.9 Å². The van der Waals surface area contributed by atoms with Crippen molar-refractivity contribution in [2.75, 3.05) is 13.7 Å². The van der Waals surface area contributed by atoms with Crippen molar-refractivity contribution in [2.24, 2.45) is 50.2 Å². The van der Waals surface area contributed by atoms with Gasteiger partial charge in [0.25, 0.3) is 0 Å². The van der Waals surface area contributed by atoms with E-state index in [1.807, 2.05) is 0 Å². The Morgan fingerprint density at radius 3 is 1.45 bits per heavy atom. The number of carbonyl (C=O) groups is 9. The minimum Gasteiger partial charge on any atom is -0.469 e. The van der Waals surface area contributed by atoms with Gasteiger partial charge in [-0.1, -0.05) is 96.5 Å². The summed E-state index contributed by atoms with van der Waals surface area (Å²) in [5.41, 5.74) is -0.286. The Morgan fingerprint density at radius 1 is 0.475 bits per heavy atom. The third-order valence-electron chi connectivity index (χ3n) is 23.5. The molecule has 0 aromatic heterocycles. The maximum Gasteiger partial charge on any atom is 0.338 e. The lowest BCUT2D eigenvalue weighted by Gasteiger charge is -2.71. The van der Waals surface area contributed by atoms with Gasteiger partial charge in [0.15, 0.2) is 67.7 Å². The van der Waals surface area contributed by atoms with Gasteiger partial charge in [-0.25, -0.2) is 9.59 Å². The number of ether oxygens (including phenoxy) is 15. The smallest absolute Gasteiger partial charge is 0.338 e. The maximum absolute atomic E-state index is 15.2. The molecule has 24 heteroatoms. The molecule has 10 rings (SSSR count).